The van der Waals surface area contributed by atoms with Gasteiger partial charge in [0.2, 0.25) is 0 Å². The van der Waals surface area contributed by atoms with Gasteiger partial charge in [0.25, 0.3) is 0 Å². The number of hydrogen-bond acceptors (Lipinski definition) is 4. The highest BCUT2D eigenvalue weighted by Gasteiger charge is 1.73. The normalized spacial score (nSPS) is 12.8. The Labute approximate surface area is 58.3 Å². The minimum Gasteiger partial charge on any atom is -0.365 e. The number of aliphatic imine (C=N–C) groups is 2. The summed E-state index contributed by atoms with van der Waals surface area (Å²) in [5.41, 5.74) is 0. The highest BCUT2D eigenvalue weighted by molar-refractivity contribution is 5.79. The van der Waals surface area contributed by atoms with Crippen molar-refractivity contribution in [3.63, 3.8) is 0 Å². The molecule has 4 nitrogen and oxygen atoms in total. The maximum atomic E-state index is 4.33. The average molecular weight is 137 g/mol. The van der Waals surface area contributed by atoms with Gasteiger partial charge in [-0.25, -0.2) is 4.99 Å². The first-order valence-corrected chi connectivity index (χ1v) is 2.84. The fourth-order valence-electron chi connectivity index (χ4n) is 0.411. The van der Waals surface area contributed by atoms with Crippen molar-refractivity contribution in [3.8, 4) is 0 Å². The van der Waals surface area contributed by atoms with Crippen molar-refractivity contribution < 1.29 is 4.52 Å². The van der Waals surface area contributed by atoms with E-state index in [0.29, 0.717) is 0 Å². The molecule has 0 unspecified atom stereocenters. The third-order valence-corrected chi connectivity index (χ3v) is 0.788. The van der Waals surface area contributed by atoms with E-state index in [1.54, 1.807) is 24.8 Å². The lowest BCUT2D eigenvalue weighted by atomic mass is 10.8. The molecule has 0 fully saturated rings. The Morgan fingerprint density at radius 1 is 1.40 bits per heavy atom. The van der Waals surface area contributed by atoms with Gasteiger partial charge >= 0.3 is 0 Å². The monoisotopic (exact) mass is 137 g/mol. The van der Waals surface area contributed by atoms with Crippen molar-refractivity contribution in [3.05, 3.63) is 18.5 Å². The van der Waals surface area contributed by atoms with Crippen LogP contribution in [0.4, 0.5) is 0 Å². The summed E-state index contributed by atoms with van der Waals surface area (Å²) < 4.78 is 4.33. The Morgan fingerprint density at radius 3 is 2.60 bits per heavy atom. The van der Waals surface area contributed by atoms with E-state index < -0.39 is 0 Å². The second kappa shape index (κ2) is 4.43. The van der Waals surface area contributed by atoms with E-state index in [1.807, 2.05) is 0 Å². The average Bonchev–Trinajstić information content (AvgIpc) is 2.67. The van der Waals surface area contributed by atoms with Crippen LogP contribution in [0.5, 0.6) is 0 Å². The van der Waals surface area contributed by atoms with Gasteiger partial charge in [-0.2, -0.15) is 0 Å². The molecule has 2 heterocycles. The molecule has 0 atom stereocenters. The largest absolute Gasteiger partial charge is 0.365 e. The maximum Gasteiger partial charge on any atom is 0.123 e. The van der Waals surface area contributed by atoms with Crippen LogP contribution in [0.2, 0.25) is 0 Å². The Kier molecular flexibility index (Phi) is 2.95. The Hall–Kier alpha value is -1.45. The molecule has 0 saturated heterocycles. The molecule has 0 aliphatic carbocycles. The summed E-state index contributed by atoms with van der Waals surface area (Å²) in [5.74, 6) is 0. The van der Waals surface area contributed by atoms with Crippen LogP contribution < -0.4 is 0 Å². The molecule has 52 valence electrons. The molecular weight excluding hydrogens is 130 g/mol. The molecule has 1 aliphatic heterocycles. The Balaban J connectivity index is 0.0000001000. The number of hydrogen-bond donors (Lipinski definition) is 0. The van der Waals surface area contributed by atoms with Crippen molar-refractivity contribution in [1.82, 2.24) is 5.16 Å². The van der Waals surface area contributed by atoms with Crippen LogP contribution in [0.3, 0.4) is 0 Å². The SMILES string of the molecule is C1=NC=NC1.c1cnoc1. The molecule has 0 bridgehead atoms. The summed E-state index contributed by atoms with van der Waals surface area (Å²) in [6.45, 7) is 0.778. The molecule has 0 aromatic carbocycles. The van der Waals surface area contributed by atoms with Gasteiger partial charge in [0.1, 0.15) is 12.6 Å². The third kappa shape index (κ3) is 2.76. The van der Waals surface area contributed by atoms with E-state index in [9.17, 15) is 0 Å². The molecule has 0 radical (unpaired) electrons. The van der Waals surface area contributed by atoms with E-state index >= 15 is 0 Å². The van der Waals surface area contributed by atoms with Gasteiger partial charge in [0.05, 0.1) is 12.7 Å². The van der Waals surface area contributed by atoms with Crippen LogP contribution >= 0.6 is 0 Å². The fraction of sp³-hybridized carbons (Fsp3) is 0.167. The van der Waals surface area contributed by atoms with E-state index in [-0.39, 0.29) is 0 Å². The van der Waals surface area contributed by atoms with Crippen LogP contribution in [0.25, 0.3) is 0 Å². The van der Waals surface area contributed by atoms with Gasteiger partial charge in [-0.05, 0) is 6.07 Å². The van der Waals surface area contributed by atoms with Crippen molar-refractivity contribution in [2.45, 2.75) is 0 Å². The second-order valence-electron chi connectivity index (χ2n) is 1.50. The lowest BCUT2D eigenvalue weighted by Crippen LogP contribution is -1.65. The van der Waals surface area contributed by atoms with Crippen molar-refractivity contribution in [1.29, 1.82) is 0 Å². The smallest absolute Gasteiger partial charge is 0.123 e. The fourth-order valence-corrected chi connectivity index (χ4v) is 0.411. The highest BCUT2D eigenvalue weighted by atomic mass is 16.5. The third-order valence-electron chi connectivity index (χ3n) is 0.788. The summed E-state index contributed by atoms with van der Waals surface area (Å²) in [6, 6.07) is 1.72. The first-order valence-electron chi connectivity index (χ1n) is 2.84. The predicted octanol–water partition coefficient (Wildman–Crippen LogP) is 0.774. The first-order chi connectivity index (χ1) is 5.00. The van der Waals surface area contributed by atoms with Crippen LogP contribution in [0.1, 0.15) is 0 Å². The molecular formula is C6H7N3O. The second-order valence-corrected chi connectivity index (χ2v) is 1.50. The van der Waals surface area contributed by atoms with E-state index in [1.165, 1.54) is 6.26 Å². The minimum atomic E-state index is 0.778. The van der Waals surface area contributed by atoms with Gasteiger partial charge in [0, 0.05) is 6.21 Å². The van der Waals surface area contributed by atoms with E-state index in [0.717, 1.165) is 6.54 Å². The van der Waals surface area contributed by atoms with Gasteiger partial charge in [-0.1, -0.05) is 5.16 Å². The lowest BCUT2D eigenvalue weighted by Gasteiger charge is -1.56. The Morgan fingerprint density at radius 2 is 2.40 bits per heavy atom. The van der Waals surface area contributed by atoms with Crippen LogP contribution in [0, 0.1) is 0 Å². The van der Waals surface area contributed by atoms with Gasteiger partial charge in [-0.3, -0.25) is 4.99 Å². The molecule has 1 aromatic heterocycles. The number of nitrogens with zero attached hydrogens (tertiary/aromatic N) is 3. The molecule has 0 saturated carbocycles. The van der Waals surface area contributed by atoms with Crippen LogP contribution in [-0.2, 0) is 0 Å². The molecule has 10 heavy (non-hydrogen) atoms. The van der Waals surface area contributed by atoms with E-state index in [4.69, 9.17) is 0 Å². The van der Waals surface area contributed by atoms with Crippen molar-refractivity contribution in [2.24, 2.45) is 9.98 Å². The molecule has 0 amide bonds. The molecule has 1 aliphatic rings. The first kappa shape index (κ1) is 6.67. The molecule has 0 N–H and O–H groups in total. The minimum absolute atomic E-state index is 0.778. The van der Waals surface area contributed by atoms with Crippen molar-refractivity contribution >= 4 is 12.6 Å². The predicted molar refractivity (Wildman–Crippen MR) is 38.4 cm³/mol. The number of aromatic nitrogens is 1. The van der Waals surface area contributed by atoms with Crippen LogP contribution in [-0.4, -0.2) is 24.3 Å². The van der Waals surface area contributed by atoms with E-state index in [2.05, 4.69) is 19.7 Å². The highest BCUT2D eigenvalue weighted by Crippen LogP contribution is 1.72. The zero-order chi connectivity index (χ0) is 7.07. The molecule has 4 heteroatoms. The van der Waals surface area contributed by atoms with Gasteiger partial charge in [0.15, 0.2) is 0 Å². The zero-order valence-corrected chi connectivity index (χ0v) is 5.34. The lowest BCUT2D eigenvalue weighted by molar-refractivity contribution is 0.420. The maximum absolute atomic E-state index is 4.33. The molecule has 2 rings (SSSR count). The zero-order valence-electron chi connectivity index (χ0n) is 5.34. The summed E-state index contributed by atoms with van der Waals surface area (Å²) in [5, 5.41) is 3.35. The topological polar surface area (TPSA) is 50.8 Å². The van der Waals surface area contributed by atoms with Crippen molar-refractivity contribution in [2.75, 3.05) is 6.54 Å². The van der Waals surface area contributed by atoms with Gasteiger partial charge in [-0.15, -0.1) is 0 Å². The Bertz CT molecular complexity index is 176. The summed E-state index contributed by atoms with van der Waals surface area (Å²) >= 11 is 0. The summed E-state index contributed by atoms with van der Waals surface area (Å²) in [4.78, 5) is 7.40. The van der Waals surface area contributed by atoms with Crippen LogP contribution in [0.15, 0.2) is 33.0 Å². The summed E-state index contributed by atoms with van der Waals surface area (Å²) in [6.07, 6.45) is 6.42. The summed E-state index contributed by atoms with van der Waals surface area (Å²) in [7, 11) is 0. The van der Waals surface area contributed by atoms with Gasteiger partial charge < -0.3 is 4.52 Å². The standard InChI is InChI=1S/C3H4N2.C3H3NO/c1-2-5-3-4-1;1-2-4-5-3-1/h1,3H,2H2;1-3H. The quantitative estimate of drug-likeness (QED) is 0.530. The molecule has 0 spiro atoms. The molecule has 1 aromatic rings. The number of rotatable bonds is 0.